The molecule has 4 aromatic rings. The number of carbonyl (C=O) groups excluding carboxylic acids is 1. The van der Waals surface area contributed by atoms with E-state index in [1.165, 1.54) is 6.20 Å². The number of benzene rings is 2. The summed E-state index contributed by atoms with van der Waals surface area (Å²) in [5.41, 5.74) is 5.05. The van der Waals surface area contributed by atoms with Crippen molar-refractivity contribution in [2.45, 2.75) is 13.0 Å². The van der Waals surface area contributed by atoms with E-state index in [4.69, 9.17) is 17.0 Å². The minimum absolute atomic E-state index is 0.0343. The number of halogens is 1. The molecule has 0 bridgehead atoms. The van der Waals surface area contributed by atoms with E-state index in [0.29, 0.717) is 29.1 Å². The Bertz CT molecular complexity index is 1450. The predicted molar refractivity (Wildman–Crippen MR) is 143 cm³/mol. The molecule has 3 N–H and O–H groups in total. The molecule has 0 radical (unpaired) electrons. The summed E-state index contributed by atoms with van der Waals surface area (Å²) in [7, 11) is 1.77. The van der Waals surface area contributed by atoms with Gasteiger partial charge in [0.25, 0.3) is 11.5 Å². The zero-order valence-electron chi connectivity index (χ0n) is 19.8. The van der Waals surface area contributed by atoms with Crippen LogP contribution < -0.4 is 16.2 Å². The van der Waals surface area contributed by atoms with Gasteiger partial charge < -0.3 is 20.6 Å². The number of hydrogen-bond donors (Lipinski definition) is 3. The van der Waals surface area contributed by atoms with Crippen LogP contribution in [0.3, 0.4) is 0 Å². The van der Waals surface area contributed by atoms with Crippen molar-refractivity contribution in [1.29, 1.82) is 5.41 Å². The van der Waals surface area contributed by atoms with Gasteiger partial charge in [0.15, 0.2) is 0 Å². The number of nitrogens with zero attached hydrogens (tertiary/aromatic N) is 2. The fourth-order valence-corrected chi connectivity index (χ4v) is 4.02. The summed E-state index contributed by atoms with van der Waals surface area (Å²) in [5, 5.41) is 14.7. The van der Waals surface area contributed by atoms with Crippen molar-refractivity contribution >= 4 is 28.9 Å². The molecule has 0 spiro atoms. The molecule has 1 amide bonds. The second-order valence-corrected chi connectivity index (χ2v) is 8.78. The molecule has 4 rings (SSSR count). The van der Waals surface area contributed by atoms with Gasteiger partial charge in [-0.25, -0.2) is 0 Å². The molecule has 182 valence electrons. The predicted octanol–water partition coefficient (Wildman–Crippen LogP) is 4.38. The normalized spacial score (nSPS) is 10.6. The van der Waals surface area contributed by atoms with Crippen molar-refractivity contribution in [3.05, 3.63) is 129 Å². The van der Waals surface area contributed by atoms with E-state index >= 15 is 0 Å². The Kier molecular flexibility index (Phi) is 7.92. The average Bonchev–Trinajstić information content (AvgIpc) is 2.89. The fourth-order valence-electron chi connectivity index (χ4n) is 3.84. The maximum absolute atomic E-state index is 12.7. The Labute approximate surface area is 214 Å². The molecule has 0 atom stereocenters. The van der Waals surface area contributed by atoms with Crippen LogP contribution >= 0.6 is 11.6 Å². The van der Waals surface area contributed by atoms with Crippen molar-refractivity contribution in [3.63, 3.8) is 0 Å². The van der Waals surface area contributed by atoms with Crippen molar-refractivity contribution < 1.29 is 4.79 Å². The lowest BCUT2D eigenvalue weighted by Gasteiger charge is -2.12. The number of amides is 1. The van der Waals surface area contributed by atoms with Gasteiger partial charge in [0.2, 0.25) is 0 Å². The molecule has 2 aromatic carbocycles. The lowest BCUT2D eigenvalue weighted by atomic mass is 10.0. The maximum Gasteiger partial charge on any atom is 0.253 e. The lowest BCUT2D eigenvalue weighted by molar-refractivity contribution is 0.0959. The molecule has 2 aromatic heterocycles. The molecule has 0 saturated heterocycles. The molecule has 0 aliphatic rings. The Morgan fingerprint density at radius 2 is 1.78 bits per heavy atom. The zero-order valence-corrected chi connectivity index (χ0v) is 20.5. The average molecular weight is 500 g/mol. The van der Waals surface area contributed by atoms with Crippen LogP contribution in [0.1, 0.15) is 32.6 Å². The van der Waals surface area contributed by atoms with Gasteiger partial charge in [0, 0.05) is 48.0 Å². The summed E-state index contributed by atoms with van der Waals surface area (Å²) in [6, 6.07) is 20.2. The van der Waals surface area contributed by atoms with Gasteiger partial charge >= 0.3 is 0 Å². The van der Waals surface area contributed by atoms with Crippen LogP contribution in [0, 0.1) is 5.41 Å². The van der Waals surface area contributed by atoms with E-state index in [-0.39, 0.29) is 23.7 Å². The summed E-state index contributed by atoms with van der Waals surface area (Å²) >= 11 is 6.08. The highest BCUT2D eigenvalue weighted by Gasteiger charge is 2.12. The second-order valence-electron chi connectivity index (χ2n) is 8.34. The Balaban J connectivity index is 1.37. The number of aromatic nitrogens is 2. The SMILES string of the molecule is CNc1ccc(Cl)cc1C(=N)CNC(=O)c1cncc(Cc2ccc(Cn3ccccc3=O)cc2)c1. The van der Waals surface area contributed by atoms with E-state index in [2.05, 4.69) is 15.6 Å². The van der Waals surface area contributed by atoms with E-state index in [1.807, 2.05) is 36.4 Å². The highest BCUT2D eigenvalue weighted by Crippen LogP contribution is 2.20. The van der Waals surface area contributed by atoms with Crippen LogP contribution in [0.5, 0.6) is 0 Å². The van der Waals surface area contributed by atoms with Crippen molar-refractivity contribution in [2.75, 3.05) is 18.9 Å². The lowest BCUT2D eigenvalue weighted by Crippen LogP contribution is -2.30. The van der Waals surface area contributed by atoms with Gasteiger partial charge in [-0.1, -0.05) is 41.9 Å². The first-order chi connectivity index (χ1) is 17.4. The maximum atomic E-state index is 12.7. The van der Waals surface area contributed by atoms with Crippen molar-refractivity contribution in [3.8, 4) is 0 Å². The molecule has 0 fully saturated rings. The molecule has 0 saturated carbocycles. The first kappa shape index (κ1) is 24.9. The molecule has 0 aliphatic heterocycles. The van der Waals surface area contributed by atoms with Gasteiger partial charge in [-0.15, -0.1) is 0 Å². The monoisotopic (exact) mass is 499 g/mol. The second kappa shape index (κ2) is 11.5. The van der Waals surface area contributed by atoms with Crippen LogP contribution in [-0.4, -0.2) is 34.8 Å². The van der Waals surface area contributed by atoms with Crippen LogP contribution in [0.15, 0.2) is 90.1 Å². The first-order valence-electron chi connectivity index (χ1n) is 11.4. The topological polar surface area (TPSA) is 99.9 Å². The first-order valence-corrected chi connectivity index (χ1v) is 11.8. The summed E-state index contributed by atoms with van der Waals surface area (Å²) in [4.78, 5) is 28.9. The number of hydrogen-bond acceptors (Lipinski definition) is 5. The summed E-state index contributed by atoms with van der Waals surface area (Å²) in [5.74, 6) is -0.300. The minimum Gasteiger partial charge on any atom is -0.388 e. The third-order valence-corrected chi connectivity index (χ3v) is 5.98. The zero-order chi connectivity index (χ0) is 25.5. The third-order valence-electron chi connectivity index (χ3n) is 5.74. The number of pyridine rings is 2. The van der Waals surface area contributed by atoms with Crippen molar-refractivity contribution in [1.82, 2.24) is 14.9 Å². The van der Waals surface area contributed by atoms with E-state index in [9.17, 15) is 9.59 Å². The van der Waals surface area contributed by atoms with E-state index < -0.39 is 0 Å². The standard InChI is InChI=1S/C28H26ClN5O2/c1-31-26-10-9-23(29)14-24(26)25(30)17-33-28(36)22-13-21(15-32-16-22)12-19-5-7-20(8-6-19)18-34-11-3-2-4-27(34)35/h2-11,13-16,30-31H,12,17-18H2,1H3,(H,33,36). The molecular formula is C28H26ClN5O2. The van der Waals surface area contributed by atoms with Gasteiger partial charge in [0.1, 0.15) is 0 Å². The van der Waals surface area contributed by atoms with Crippen LogP contribution in [-0.2, 0) is 13.0 Å². The Morgan fingerprint density at radius 3 is 2.53 bits per heavy atom. The van der Waals surface area contributed by atoms with Gasteiger partial charge in [-0.05, 0) is 53.4 Å². The quantitative estimate of drug-likeness (QED) is 0.298. The van der Waals surface area contributed by atoms with E-state index in [1.54, 1.807) is 54.3 Å². The number of anilines is 1. The van der Waals surface area contributed by atoms with E-state index in [0.717, 1.165) is 22.4 Å². The minimum atomic E-state index is -0.300. The van der Waals surface area contributed by atoms with Crippen LogP contribution in [0.25, 0.3) is 0 Å². The van der Waals surface area contributed by atoms with Gasteiger partial charge in [-0.3, -0.25) is 14.6 Å². The van der Waals surface area contributed by atoms with Crippen molar-refractivity contribution in [2.24, 2.45) is 0 Å². The molecular weight excluding hydrogens is 474 g/mol. The summed E-state index contributed by atoms with van der Waals surface area (Å²) in [6.07, 6.45) is 5.64. The summed E-state index contributed by atoms with van der Waals surface area (Å²) < 4.78 is 1.66. The Hall–Kier alpha value is -4.23. The molecule has 36 heavy (non-hydrogen) atoms. The van der Waals surface area contributed by atoms with Gasteiger partial charge in [0.05, 0.1) is 24.4 Å². The fraction of sp³-hybridized carbons (Fsp3) is 0.143. The van der Waals surface area contributed by atoms with Crippen LogP contribution in [0.4, 0.5) is 5.69 Å². The largest absolute Gasteiger partial charge is 0.388 e. The third kappa shape index (κ3) is 6.25. The molecule has 0 aliphatic carbocycles. The smallest absolute Gasteiger partial charge is 0.253 e. The summed E-state index contributed by atoms with van der Waals surface area (Å²) in [6.45, 7) is 0.571. The Morgan fingerprint density at radius 1 is 1.00 bits per heavy atom. The molecule has 0 unspecified atom stereocenters. The molecule has 7 nitrogen and oxygen atoms in total. The highest BCUT2D eigenvalue weighted by atomic mass is 35.5. The number of rotatable bonds is 9. The van der Waals surface area contributed by atoms with Gasteiger partial charge in [-0.2, -0.15) is 0 Å². The number of nitrogens with one attached hydrogen (secondary N) is 3. The number of carbonyl (C=O) groups is 1. The molecule has 8 heteroatoms. The van der Waals surface area contributed by atoms with Crippen LogP contribution in [0.2, 0.25) is 5.02 Å². The highest BCUT2D eigenvalue weighted by molar-refractivity contribution is 6.31. The molecule has 2 heterocycles.